The largest absolute Gasteiger partial charge is 0.385 e. The van der Waals surface area contributed by atoms with E-state index in [2.05, 4.69) is 4.74 Å². The first kappa shape index (κ1) is 7.36. The minimum atomic E-state index is -5.69. The molecular weight excluding hydrogens is 362 g/mol. The number of fused-ring (bicyclic) bond motifs is 1. The van der Waals surface area contributed by atoms with Crippen LogP contribution in [0.4, 0.5) is 0 Å². The Morgan fingerprint density at radius 2 is 2.48 bits per heavy atom. The smallest absolute Gasteiger partial charge is 0.252 e. The normalized spacial score (nSPS) is 35.5. The highest BCUT2D eigenvalue weighted by atomic mass is 32.3. The van der Waals surface area contributed by atoms with Gasteiger partial charge in [-0.3, -0.25) is 0 Å². The van der Waals surface area contributed by atoms with Crippen LogP contribution < -0.4 is 10.5 Å². The van der Waals surface area contributed by atoms with Gasteiger partial charge in [0, 0.05) is 49.2 Å². The van der Waals surface area contributed by atoms with Crippen molar-refractivity contribution in [3.63, 3.8) is 0 Å². The van der Waals surface area contributed by atoms with Gasteiger partial charge < -0.3 is 10.1 Å². The number of hydrogen-bond acceptors (Lipinski definition) is 7. The maximum atomic E-state index is 13.5. The van der Waals surface area contributed by atoms with Crippen LogP contribution in [0, 0.1) is 0 Å². The summed E-state index contributed by atoms with van der Waals surface area (Å²) in [4.78, 5) is 0. The standard InChI is InChI=1S/C12H21N3O5S3/c1-3-14-10-8-15(5-4-6-20-2)23(18,19)12-9(10)7-11(21-12)22(13,16)17/h7,10,14H,3-6,8H2,1-2H3,(H2,13,16,17)/t10-/m0/s1/i2D3,3D2,4D2,5D2,6D2,7D,8D2. The Bertz CT molecular complexity index is 1290. The van der Waals surface area contributed by atoms with Crippen LogP contribution in [-0.2, 0) is 24.8 Å². The number of primary sulfonamides is 1. The lowest BCUT2D eigenvalue weighted by atomic mass is 10.1. The molecule has 11 heteroatoms. The highest BCUT2D eigenvalue weighted by Crippen LogP contribution is 2.39. The third kappa shape index (κ3) is 3.92. The number of thiophene rings is 1. The molecule has 0 aromatic carbocycles. The lowest BCUT2D eigenvalue weighted by molar-refractivity contribution is 0.185. The molecule has 1 aliphatic heterocycles. The fraction of sp³-hybridized carbons (Fsp3) is 0.667. The molecule has 8 nitrogen and oxygen atoms in total. The molecule has 0 bridgehead atoms. The van der Waals surface area contributed by atoms with Gasteiger partial charge in [0.2, 0.25) is 10.0 Å². The quantitative estimate of drug-likeness (QED) is 0.673. The van der Waals surface area contributed by atoms with Crippen LogP contribution in [0.15, 0.2) is 14.5 Å². The Morgan fingerprint density at radius 3 is 3.09 bits per heavy atom. The summed E-state index contributed by atoms with van der Waals surface area (Å²) in [6.07, 6.45) is -4.27. The zero-order valence-corrected chi connectivity index (χ0v) is 13.8. The summed E-state index contributed by atoms with van der Waals surface area (Å²) in [6.45, 7) is -14.0. The molecule has 0 saturated carbocycles. The van der Waals surface area contributed by atoms with Crippen molar-refractivity contribution >= 4 is 31.4 Å². The molecule has 23 heavy (non-hydrogen) atoms. The van der Waals surface area contributed by atoms with Gasteiger partial charge >= 0.3 is 0 Å². The van der Waals surface area contributed by atoms with Crippen molar-refractivity contribution in [2.75, 3.05) is 33.1 Å². The van der Waals surface area contributed by atoms with Crippen molar-refractivity contribution in [2.24, 2.45) is 5.14 Å². The molecule has 0 fully saturated rings. The van der Waals surface area contributed by atoms with Crippen molar-refractivity contribution in [1.29, 1.82) is 0 Å². The number of methoxy groups -OCH3 is 1. The average molecular weight is 398 g/mol. The SMILES string of the molecule is [2H]c1c(S(N)(=O)=O)sc2c1[C@@H](NC([2H])([2H])C)C([2H])([2H])N(C([2H])([2H])C([2H])([2H])C([2H])([2H])OC([2H])([2H])[2H])S2(=O)=O. The Labute approximate surface area is 160 Å². The molecule has 0 spiro atoms. The van der Waals surface area contributed by atoms with Crippen molar-refractivity contribution in [3.8, 4) is 0 Å². The molecule has 1 atom stereocenters. The molecule has 0 amide bonds. The van der Waals surface area contributed by atoms with E-state index in [1.54, 1.807) is 0 Å². The van der Waals surface area contributed by atoms with Crippen LogP contribution in [0.25, 0.3) is 0 Å². The molecule has 1 aliphatic rings. The second-order valence-electron chi connectivity index (χ2n) is 3.93. The van der Waals surface area contributed by atoms with Crippen molar-refractivity contribution in [1.82, 2.24) is 9.62 Å². The first-order valence-electron chi connectivity index (χ1n) is 12.6. The van der Waals surface area contributed by atoms with Crippen LogP contribution in [0.2, 0.25) is 0 Å². The summed E-state index contributed by atoms with van der Waals surface area (Å²) in [5, 5.41) is 6.99. The van der Waals surface area contributed by atoms with Gasteiger partial charge in [0.25, 0.3) is 10.0 Å². The van der Waals surface area contributed by atoms with Crippen molar-refractivity contribution in [2.45, 2.75) is 27.8 Å². The van der Waals surface area contributed by atoms with E-state index >= 15 is 0 Å². The molecule has 0 radical (unpaired) electrons. The van der Waals surface area contributed by atoms with Gasteiger partial charge in [0.05, 0.1) is 8.22 Å². The average Bonchev–Trinajstić information content (AvgIpc) is 2.93. The number of nitrogens with zero attached hydrogens (tertiary/aromatic N) is 1. The van der Waals surface area contributed by atoms with Crippen LogP contribution >= 0.6 is 11.3 Å². The van der Waals surface area contributed by atoms with Gasteiger partial charge in [0.1, 0.15) is 8.42 Å². The van der Waals surface area contributed by atoms with E-state index < -0.39 is 89.9 Å². The van der Waals surface area contributed by atoms with E-state index in [-0.39, 0.29) is 11.3 Å². The van der Waals surface area contributed by atoms with E-state index in [4.69, 9.17) is 24.3 Å². The summed E-state index contributed by atoms with van der Waals surface area (Å²) in [5.41, 5.74) is -0.945. The fourth-order valence-electron chi connectivity index (χ4n) is 1.61. The van der Waals surface area contributed by atoms with Gasteiger partial charge in [0.15, 0.2) is 0 Å². The Hall–Kier alpha value is -0.560. The van der Waals surface area contributed by atoms with E-state index in [1.807, 2.05) is 5.32 Å². The molecular formula is C12H21N3O5S3. The second-order valence-corrected chi connectivity index (χ2v) is 8.69. The zero-order valence-electron chi connectivity index (χ0n) is 25.4. The maximum Gasteiger partial charge on any atom is 0.252 e. The van der Waals surface area contributed by atoms with Gasteiger partial charge in [-0.15, -0.1) is 11.3 Å². The molecule has 132 valence electrons. The van der Waals surface area contributed by atoms with Crippen LogP contribution in [0.1, 0.15) is 44.1 Å². The Kier molecular flexibility index (Phi) is 2.28. The topological polar surface area (TPSA) is 119 Å². The number of nitrogens with two attached hydrogens (primary N) is 1. The Morgan fingerprint density at radius 1 is 1.74 bits per heavy atom. The first-order chi connectivity index (χ1) is 15.9. The van der Waals surface area contributed by atoms with Gasteiger partial charge in [-0.2, -0.15) is 4.31 Å². The number of hydrogen-bond donors (Lipinski definition) is 2. The minimum Gasteiger partial charge on any atom is -0.385 e. The number of nitrogens with one attached hydrogen (secondary N) is 1. The summed E-state index contributed by atoms with van der Waals surface area (Å²) in [7, 11) is -14.2. The molecule has 2 rings (SSSR count). The molecule has 1 aromatic rings. The van der Waals surface area contributed by atoms with Gasteiger partial charge in [-0.25, -0.2) is 22.0 Å². The number of likely N-dealkylation sites (N-methyl/N-ethyl adjacent to an activating group) is 1. The predicted octanol–water partition coefficient (Wildman–Crippen LogP) is 0.0869. The van der Waals surface area contributed by atoms with Crippen LogP contribution in [-0.4, -0.2) is 54.2 Å². The van der Waals surface area contributed by atoms with E-state index in [9.17, 15) is 16.8 Å². The molecule has 0 unspecified atom stereocenters. The fourth-order valence-corrected chi connectivity index (χ4v) is 5.26. The number of ether oxygens (including phenoxy) is 1. The number of rotatable bonds is 7. The van der Waals surface area contributed by atoms with Crippen molar-refractivity contribution in [3.05, 3.63) is 11.6 Å². The van der Waals surface area contributed by atoms with Gasteiger partial charge in [-0.05, 0) is 18.9 Å². The summed E-state index contributed by atoms with van der Waals surface area (Å²) >= 11 is -0.209. The summed E-state index contributed by atoms with van der Waals surface area (Å²) < 4.78 is 161. The molecule has 0 saturated heterocycles. The van der Waals surface area contributed by atoms with Gasteiger partial charge in [-0.1, -0.05) is 6.92 Å². The highest BCUT2D eigenvalue weighted by molar-refractivity contribution is 7.94. The first-order valence-corrected chi connectivity index (χ1v) is 9.43. The Balaban J connectivity index is 2.98. The van der Waals surface area contributed by atoms with E-state index in [0.717, 1.165) is 6.92 Å². The minimum absolute atomic E-state index is 0.209. The zero-order chi connectivity index (χ0) is 29.6. The third-order valence-corrected chi connectivity index (χ3v) is 6.96. The third-order valence-electron chi connectivity index (χ3n) is 2.46. The van der Waals surface area contributed by atoms with E-state index in [1.165, 1.54) is 0 Å². The van der Waals surface area contributed by atoms with E-state index in [0.29, 0.717) is 0 Å². The van der Waals surface area contributed by atoms with Crippen LogP contribution in [0.3, 0.4) is 0 Å². The number of sulfonamides is 2. The lowest BCUT2D eigenvalue weighted by Crippen LogP contribution is -2.43. The molecule has 3 N–H and O–H groups in total. The molecule has 2 heterocycles. The lowest BCUT2D eigenvalue weighted by Gasteiger charge is -2.32. The summed E-state index contributed by atoms with van der Waals surface area (Å²) in [6, 6.07) is -3.51. The van der Waals surface area contributed by atoms with Crippen molar-refractivity contribution < 1.29 is 40.8 Å². The maximum absolute atomic E-state index is 13.5. The highest BCUT2D eigenvalue weighted by Gasteiger charge is 2.39. The molecule has 0 aliphatic carbocycles. The predicted molar refractivity (Wildman–Crippen MR) is 87.4 cm³/mol. The molecule has 1 aromatic heterocycles. The summed E-state index contributed by atoms with van der Waals surface area (Å²) in [5.74, 6) is 0. The monoisotopic (exact) mass is 397 g/mol. The second kappa shape index (κ2) is 7.13. The van der Waals surface area contributed by atoms with Crippen LogP contribution in [0.5, 0.6) is 0 Å².